The highest BCUT2D eigenvalue weighted by atomic mass is 15.0. The number of aromatic nitrogens is 2. The Hall–Kier alpha value is -3.98. The van der Waals surface area contributed by atoms with Gasteiger partial charge in [0, 0.05) is 35.6 Å². The smallest absolute Gasteiger partial charge is 0.134 e. The Morgan fingerprint density at radius 2 is 1.47 bits per heavy atom. The normalized spacial score (nSPS) is 10.9. The van der Waals surface area contributed by atoms with E-state index in [9.17, 15) is 0 Å². The minimum atomic E-state index is 0.726. The minimum absolute atomic E-state index is 0.726. The van der Waals surface area contributed by atoms with E-state index in [1.807, 2.05) is 25.4 Å². The Kier molecular flexibility index (Phi) is 5.39. The van der Waals surface area contributed by atoms with E-state index in [0.717, 1.165) is 40.0 Å². The Labute approximate surface area is 188 Å². The fourth-order valence-electron chi connectivity index (χ4n) is 3.96. The molecule has 5 rings (SSSR count). The Balaban J connectivity index is 1.34. The SMILES string of the molecule is Cc1cccc(-c2ccc(CNc3nccc4cc(-c5ccc(C)nc5)ccc34)cc2)c1. The van der Waals surface area contributed by atoms with Crippen molar-refractivity contribution < 1.29 is 0 Å². The topological polar surface area (TPSA) is 37.8 Å². The van der Waals surface area contributed by atoms with Crippen LogP contribution in [0.2, 0.25) is 0 Å². The number of nitrogens with zero attached hydrogens (tertiary/aromatic N) is 2. The third-order valence-electron chi connectivity index (χ3n) is 5.77. The molecule has 0 unspecified atom stereocenters. The fraction of sp³-hybridized carbons (Fsp3) is 0.103. The van der Waals surface area contributed by atoms with Gasteiger partial charge in [-0.3, -0.25) is 4.98 Å². The highest BCUT2D eigenvalue weighted by molar-refractivity contribution is 5.94. The first kappa shape index (κ1) is 20.0. The van der Waals surface area contributed by atoms with Crippen molar-refractivity contribution in [3.63, 3.8) is 0 Å². The van der Waals surface area contributed by atoms with Crippen LogP contribution in [-0.2, 0) is 6.54 Å². The van der Waals surface area contributed by atoms with Crippen LogP contribution in [0, 0.1) is 13.8 Å². The first-order valence-corrected chi connectivity index (χ1v) is 10.9. The maximum Gasteiger partial charge on any atom is 0.134 e. The molecule has 2 heterocycles. The molecule has 0 atom stereocenters. The van der Waals surface area contributed by atoms with Crippen molar-refractivity contribution in [3.8, 4) is 22.3 Å². The minimum Gasteiger partial charge on any atom is -0.365 e. The first-order valence-electron chi connectivity index (χ1n) is 10.9. The lowest BCUT2D eigenvalue weighted by atomic mass is 10.0. The molecule has 0 saturated carbocycles. The molecule has 156 valence electrons. The molecule has 1 N–H and O–H groups in total. The maximum absolute atomic E-state index is 4.59. The van der Waals surface area contributed by atoms with Crippen molar-refractivity contribution in [2.45, 2.75) is 20.4 Å². The number of anilines is 1. The lowest BCUT2D eigenvalue weighted by Crippen LogP contribution is -2.02. The predicted octanol–water partition coefficient (Wildman–Crippen LogP) is 7.19. The van der Waals surface area contributed by atoms with Crippen molar-refractivity contribution in [3.05, 3.63) is 114 Å². The quantitative estimate of drug-likeness (QED) is 0.330. The van der Waals surface area contributed by atoms with Gasteiger partial charge >= 0.3 is 0 Å². The van der Waals surface area contributed by atoms with Gasteiger partial charge in [-0.05, 0) is 59.7 Å². The largest absolute Gasteiger partial charge is 0.365 e. The van der Waals surface area contributed by atoms with Crippen molar-refractivity contribution in [2.75, 3.05) is 5.32 Å². The van der Waals surface area contributed by atoms with Gasteiger partial charge < -0.3 is 5.32 Å². The molecule has 3 heteroatoms. The predicted molar refractivity (Wildman–Crippen MR) is 134 cm³/mol. The van der Waals surface area contributed by atoms with Gasteiger partial charge in [0.05, 0.1) is 0 Å². The number of pyridine rings is 2. The van der Waals surface area contributed by atoms with Gasteiger partial charge in [-0.1, -0.05) is 72.3 Å². The number of hydrogen-bond donors (Lipinski definition) is 1. The van der Waals surface area contributed by atoms with Crippen LogP contribution < -0.4 is 5.32 Å². The molecule has 32 heavy (non-hydrogen) atoms. The summed E-state index contributed by atoms with van der Waals surface area (Å²) in [5, 5.41) is 5.80. The van der Waals surface area contributed by atoms with Gasteiger partial charge in [-0.15, -0.1) is 0 Å². The molecular formula is C29H25N3. The lowest BCUT2D eigenvalue weighted by Gasteiger charge is -2.11. The number of aryl methyl sites for hydroxylation is 2. The van der Waals surface area contributed by atoms with Crippen molar-refractivity contribution >= 4 is 16.6 Å². The van der Waals surface area contributed by atoms with E-state index in [0.29, 0.717) is 0 Å². The summed E-state index contributed by atoms with van der Waals surface area (Å²) in [4.78, 5) is 9.01. The van der Waals surface area contributed by atoms with Crippen LogP contribution in [-0.4, -0.2) is 9.97 Å². The van der Waals surface area contributed by atoms with Crippen LogP contribution in [0.4, 0.5) is 5.82 Å². The second-order valence-electron chi connectivity index (χ2n) is 8.20. The zero-order valence-electron chi connectivity index (χ0n) is 18.3. The molecule has 0 aliphatic rings. The molecule has 0 bridgehead atoms. The average Bonchev–Trinajstić information content (AvgIpc) is 2.83. The summed E-state index contributed by atoms with van der Waals surface area (Å²) >= 11 is 0. The molecule has 0 radical (unpaired) electrons. The van der Waals surface area contributed by atoms with E-state index < -0.39 is 0 Å². The second-order valence-corrected chi connectivity index (χ2v) is 8.20. The van der Waals surface area contributed by atoms with Gasteiger partial charge in [-0.2, -0.15) is 0 Å². The highest BCUT2D eigenvalue weighted by Crippen LogP contribution is 2.28. The maximum atomic E-state index is 4.59. The summed E-state index contributed by atoms with van der Waals surface area (Å²) in [5.41, 5.74) is 8.29. The van der Waals surface area contributed by atoms with Gasteiger partial charge in [0.1, 0.15) is 5.82 Å². The first-order chi connectivity index (χ1) is 15.7. The summed E-state index contributed by atoms with van der Waals surface area (Å²) in [6.45, 7) is 4.85. The molecule has 0 amide bonds. The van der Waals surface area contributed by atoms with Crippen LogP contribution in [0.3, 0.4) is 0 Å². The molecule has 0 fully saturated rings. The molecule has 2 aromatic heterocycles. The van der Waals surface area contributed by atoms with Crippen molar-refractivity contribution in [1.29, 1.82) is 0 Å². The number of hydrogen-bond acceptors (Lipinski definition) is 3. The summed E-state index contributed by atoms with van der Waals surface area (Å²) in [6.07, 6.45) is 3.79. The van der Waals surface area contributed by atoms with E-state index in [1.54, 1.807) is 0 Å². The van der Waals surface area contributed by atoms with Crippen LogP contribution in [0.25, 0.3) is 33.0 Å². The Morgan fingerprint density at radius 1 is 0.688 bits per heavy atom. The molecule has 0 aliphatic heterocycles. The van der Waals surface area contributed by atoms with Gasteiger partial charge in [0.25, 0.3) is 0 Å². The molecule has 0 spiro atoms. The van der Waals surface area contributed by atoms with Gasteiger partial charge in [-0.25, -0.2) is 4.98 Å². The van der Waals surface area contributed by atoms with Crippen LogP contribution in [0.15, 0.2) is 97.3 Å². The average molecular weight is 416 g/mol. The second kappa shape index (κ2) is 8.64. The van der Waals surface area contributed by atoms with Crippen LogP contribution in [0.5, 0.6) is 0 Å². The van der Waals surface area contributed by atoms with Crippen molar-refractivity contribution in [2.24, 2.45) is 0 Å². The van der Waals surface area contributed by atoms with E-state index in [4.69, 9.17) is 0 Å². The zero-order chi connectivity index (χ0) is 21.9. The molecule has 3 nitrogen and oxygen atoms in total. The van der Waals surface area contributed by atoms with E-state index >= 15 is 0 Å². The number of fused-ring (bicyclic) bond motifs is 1. The monoisotopic (exact) mass is 415 g/mol. The molecule has 0 aliphatic carbocycles. The van der Waals surface area contributed by atoms with Gasteiger partial charge in [0.15, 0.2) is 0 Å². The summed E-state index contributed by atoms with van der Waals surface area (Å²) in [5.74, 6) is 0.902. The Bertz CT molecular complexity index is 1370. The Morgan fingerprint density at radius 3 is 2.25 bits per heavy atom. The molecule has 3 aromatic carbocycles. The fourth-order valence-corrected chi connectivity index (χ4v) is 3.96. The summed E-state index contributed by atoms with van der Waals surface area (Å²) < 4.78 is 0. The number of benzene rings is 3. The van der Waals surface area contributed by atoms with Crippen molar-refractivity contribution in [1.82, 2.24) is 9.97 Å². The van der Waals surface area contributed by atoms with E-state index in [-0.39, 0.29) is 0 Å². The third-order valence-corrected chi connectivity index (χ3v) is 5.77. The van der Waals surface area contributed by atoms with Gasteiger partial charge in [0.2, 0.25) is 0 Å². The van der Waals surface area contributed by atoms with Crippen LogP contribution >= 0.6 is 0 Å². The standard InChI is InChI=1S/C29H25N3/c1-20-4-3-5-24(16-20)23-10-7-22(8-11-23)18-32-29-28-13-12-25(17-26(28)14-15-30-29)27-9-6-21(2)31-19-27/h3-17,19H,18H2,1-2H3,(H,30,32). The van der Waals surface area contributed by atoms with Crippen LogP contribution in [0.1, 0.15) is 16.8 Å². The number of rotatable bonds is 5. The van der Waals surface area contributed by atoms with E-state index in [2.05, 4.69) is 101 Å². The molecule has 0 saturated heterocycles. The zero-order valence-corrected chi connectivity index (χ0v) is 18.3. The summed E-state index contributed by atoms with van der Waals surface area (Å²) in [6, 6.07) is 30.0. The number of nitrogens with one attached hydrogen (secondary N) is 1. The highest BCUT2D eigenvalue weighted by Gasteiger charge is 2.06. The molecular weight excluding hydrogens is 390 g/mol. The lowest BCUT2D eigenvalue weighted by molar-refractivity contribution is 1.12. The molecule has 5 aromatic rings. The summed E-state index contributed by atoms with van der Waals surface area (Å²) in [7, 11) is 0. The van der Waals surface area contributed by atoms with E-state index in [1.165, 1.54) is 22.3 Å². The third kappa shape index (κ3) is 4.23.